The highest BCUT2D eigenvalue weighted by molar-refractivity contribution is 5.70. The normalized spacial score (nSPS) is 12.4. The molecular formula is C41H80N4O8. The molecule has 0 heterocycles. The second-order valence-corrected chi connectivity index (χ2v) is 14.5. The summed E-state index contributed by atoms with van der Waals surface area (Å²) in [5, 5.41) is 5.53. The fourth-order valence-electron chi connectivity index (χ4n) is 5.87. The van der Waals surface area contributed by atoms with Crippen LogP contribution < -0.4 is 10.6 Å². The Bertz CT molecular complexity index is 843. The molecule has 0 saturated carbocycles. The highest BCUT2D eigenvalue weighted by Crippen LogP contribution is 2.14. The van der Waals surface area contributed by atoms with Crippen molar-refractivity contribution in [2.24, 2.45) is 0 Å². The second-order valence-electron chi connectivity index (χ2n) is 14.5. The third-order valence-electron chi connectivity index (χ3n) is 9.27. The first kappa shape index (κ1) is 50.4. The molecule has 12 nitrogen and oxygen atoms in total. The minimum absolute atomic E-state index is 0.0701. The maximum Gasteiger partial charge on any atom is 0.407 e. The lowest BCUT2D eigenvalue weighted by Crippen LogP contribution is -2.32. The summed E-state index contributed by atoms with van der Waals surface area (Å²) in [5.41, 5.74) is 0. The van der Waals surface area contributed by atoms with Crippen molar-refractivity contribution in [3.05, 3.63) is 0 Å². The Labute approximate surface area is 323 Å². The van der Waals surface area contributed by atoms with Gasteiger partial charge in [0, 0.05) is 26.2 Å². The van der Waals surface area contributed by atoms with Gasteiger partial charge < -0.3 is 39.4 Å². The van der Waals surface area contributed by atoms with Crippen LogP contribution in [0.5, 0.6) is 0 Å². The summed E-state index contributed by atoms with van der Waals surface area (Å²) in [4.78, 5) is 53.5. The molecular weight excluding hydrogens is 676 g/mol. The molecule has 2 amide bonds. The molecule has 2 N–H and O–H groups in total. The highest BCUT2D eigenvalue weighted by atomic mass is 16.6. The SMILES string of the molecule is CCCCCCCCC(CC)OC(=O)NCCCOC(=O)CCN(CCCN(C)C)CCC(=O)OCCCNC(=O)OC(CC)CCCCCCCC. The van der Waals surface area contributed by atoms with Crippen LogP contribution in [0.4, 0.5) is 9.59 Å². The van der Waals surface area contributed by atoms with E-state index >= 15 is 0 Å². The largest absolute Gasteiger partial charge is 0.466 e. The smallest absolute Gasteiger partial charge is 0.407 e. The summed E-state index contributed by atoms with van der Waals surface area (Å²) in [6, 6.07) is 0. The number of nitrogens with one attached hydrogen (secondary N) is 2. The maximum absolute atomic E-state index is 12.5. The van der Waals surface area contributed by atoms with E-state index in [2.05, 4.69) is 34.3 Å². The topological polar surface area (TPSA) is 136 Å². The number of alkyl carbamates (subject to hydrolysis) is 2. The van der Waals surface area contributed by atoms with Gasteiger partial charge in [-0.05, 0) is 85.0 Å². The van der Waals surface area contributed by atoms with Gasteiger partial charge in [-0.25, -0.2) is 9.59 Å². The van der Waals surface area contributed by atoms with Gasteiger partial charge in [0.15, 0.2) is 0 Å². The zero-order valence-electron chi connectivity index (χ0n) is 34.8. The van der Waals surface area contributed by atoms with Gasteiger partial charge >= 0.3 is 24.1 Å². The van der Waals surface area contributed by atoms with Gasteiger partial charge in [0.25, 0.3) is 0 Å². The number of hydrogen-bond acceptors (Lipinski definition) is 10. The van der Waals surface area contributed by atoms with E-state index in [0.717, 1.165) is 58.0 Å². The van der Waals surface area contributed by atoms with Crippen LogP contribution in [0.25, 0.3) is 0 Å². The van der Waals surface area contributed by atoms with E-state index < -0.39 is 12.2 Å². The third-order valence-corrected chi connectivity index (χ3v) is 9.27. The first-order valence-electron chi connectivity index (χ1n) is 21.2. The predicted molar refractivity (Wildman–Crippen MR) is 213 cm³/mol. The average Bonchev–Trinajstić information content (AvgIpc) is 3.13. The van der Waals surface area contributed by atoms with E-state index in [9.17, 15) is 19.2 Å². The quantitative estimate of drug-likeness (QED) is 0.0365. The van der Waals surface area contributed by atoms with Crippen molar-refractivity contribution in [3.63, 3.8) is 0 Å². The molecule has 0 aromatic rings. The molecule has 0 saturated heterocycles. The van der Waals surface area contributed by atoms with Crippen molar-refractivity contribution in [1.82, 2.24) is 20.4 Å². The maximum atomic E-state index is 12.5. The third kappa shape index (κ3) is 33.7. The zero-order chi connectivity index (χ0) is 39.4. The first-order valence-corrected chi connectivity index (χ1v) is 21.2. The van der Waals surface area contributed by atoms with Gasteiger partial charge in [-0.3, -0.25) is 9.59 Å². The van der Waals surface area contributed by atoms with E-state index in [1.807, 2.05) is 27.9 Å². The monoisotopic (exact) mass is 757 g/mol. The Hall–Kier alpha value is -2.60. The summed E-state index contributed by atoms with van der Waals surface area (Å²) in [6.07, 6.45) is 19.2. The lowest BCUT2D eigenvalue weighted by Gasteiger charge is -2.22. The molecule has 0 radical (unpaired) electrons. The van der Waals surface area contributed by atoms with Crippen molar-refractivity contribution in [2.45, 2.75) is 175 Å². The van der Waals surface area contributed by atoms with Gasteiger partial charge in [-0.2, -0.15) is 0 Å². The lowest BCUT2D eigenvalue weighted by atomic mass is 10.1. The van der Waals surface area contributed by atoms with Crippen LogP contribution in [-0.2, 0) is 28.5 Å². The van der Waals surface area contributed by atoms with Crippen LogP contribution >= 0.6 is 0 Å². The van der Waals surface area contributed by atoms with Gasteiger partial charge in [0.2, 0.25) is 0 Å². The van der Waals surface area contributed by atoms with Crippen molar-refractivity contribution in [2.75, 3.05) is 66.6 Å². The molecule has 0 aliphatic rings. The molecule has 312 valence electrons. The van der Waals surface area contributed by atoms with Crippen LogP contribution in [0.2, 0.25) is 0 Å². The van der Waals surface area contributed by atoms with E-state index in [4.69, 9.17) is 18.9 Å². The number of carbonyl (C=O) groups excluding carboxylic acids is 4. The number of amides is 2. The number of rotatable bonds is 36. The standard InChI is InChI=1S/C41H80N4O8/c1-7-11-13-15-17-19-24-36(9-3)52-40(48)42-28-21-34-50-38(46)26-32-45(31-23-30-44(5)6)33-27-39(47)51-35-22-29-43-41(49)53-37(10-4)25-20-18-16-14-12-8-2/h36-37H,7-35H2,1-6H3,(H,42,48)(H,43,49). The van der Waals surface area contributed by atoms with Crippen LogP contribution in [0.1, 0.15) is 163 Å². The average molecular weight is 757 g/mol. The highest BCUT2D eigenvalue weighted by Gasteiger charge is 2.15. The summed E-state index contributed by atoms with van der Waals surface area (Å²) >= 11 is 0. The Kier molecular flexibility index (Phi) is 34.6. The van der Waals surface area contributed by atoms with Crippen molar-refractivity contribution < 1.29 is 38.1 Å². The first-order chi connectivity index (χ1) is 25.6. The molecule has 53 heavy (non-hydrogen) atoms. The van der Waals surface area contributed by atoms with Gasteiger partial charge in [0.05, 0.1) is 26.1 Å². The van der Waals surface area contributed by atoms with Crippen LogP contribution in [0.15, 0.2) is 0 Å². The minimum atomic E-state index is -0.420. The molecule has 2 atom stereocenters. The minimum Gasteiger partial charge on any atom is -0.466 e. The van der Waals surface area contributed by atoms with Crippen molar-refractivity contribution in [1.29, 1.82) is 0 Å². The summed E-state index contributed by atoms with van der Waals surface area (Å²) in [6.45, 7) is 12.3. The molecule has 0 aliphatic carbocycles. The zero-order valence-corrected chi connectivity index (χ0v) is 34.8. The molecule has 0 rings (SSSR count). The molecule has 0 fully saturated rings. The fraction of sp³-hybridized carbons (Fsp3) is 0.902. The van der Waals surface area contributed by atoms with E-state index in [0.29, 0.717) is 39.0 Å². The number of esters is 2. The molecule has 2 unspecified atom stereocenters. The van der Waals surface area contributed by atoms with Gasteiger partial charge in [-0.1, -0.05) is 91.9 Å². The summed E-state index contributed by atoms with van der Waals surface area (Å²) < 4.78 is 21.9. The Morgan fingerprint density at radius 2 is 0.925 bits per heavy atom. The second kappa shape index (κ2) is 36.4. The van der Waals surface area contributed by atoms with Crippen LogP contribution in [0, 0.1) is 0 Å². The molecule has 0 aromatic heterocycles. The van der Waals surface area contributed by atoms with E-state index in [1.165, 1.54) is 64.2 Å². The summed E-state index contributed by atoms with van der Waals surface area (Å²) in [5.74, 6) is -0.618. The van der Waals surface area contributed by atoms with Crippen molar-refractivity contribution >= 4 is 24.1 Å². The molecule has 12 heteroatoms. The summed E-state index contributed by atoms with van der Waals surface area (Å²) in [7, 11) is 4.03. The van der Waals surface area contributed by atoms with Crippen LogP contribution in [-0.4, -0.2) is 113 Å². The van der Waals surface area contributed by atoms with Crippen LogP contribution in [0.3, 0.4) is 0 Å². The Morgan fingerprint density at radius 3 is 1.32 bits per heavy atom. The number of unbranched alkanes of at least 4 members (excludes halogenated alkanes) is 10. The molecule has 0 aliphatic heterocycles. The Morgan fingerprint density at radius 1 is 0.509 bits per heavy atom. The van der Waals surface area contributed by atoms with E-state index in [-0.39, 0.29) is 50.2 Å². The number of carbonyl (C=O) groups is 4. The van der Waals surface area contributed by atoms with Gasteiger partial charge in [-0.15, -0.1) is 0 Å². The Balaban J connectivity index is 4.25. The number of hydrogen-bond donors (Lipinski definition) is 2. The number of nitrogens with zero attached hydrogens (tertiary/aromatic N) is 2. The predicted octanol–water partition coefficient (Wildman–Crippen LogP) is 8.40. The number of ether oxygens (including phenoxy) is 4. The van der Waals surface area contributed by atoms with E-state index in [1.54, 1.807) is 0 Å². The molecule has 0 bridgehead atoms. The van der Waals surface area contributed by atoms with Crippen molar-refractivity contribution in [3.8, 4) is 0 Å². The lowest BCUT2D eigenvalue weighted by molar-refractivity contribution is -0.144. The fourth-order valence-corrected chi connectivity index (χ4v) is 5.87. The molecule has 0 aromatic carbocycles. The van der Waals surface area contributed by atoms with Gasteiger partial charge in [0.1, 0.15) is 12.2 Å². The molecule has 0 spiro atoms.